The summed E-state index contributed by atoms with van der Waals surface area (Å²) >= 11 is 0. The van der Waals surface area contributed by atoms with Gasteiger partial charge in [-0.15, -0.1) is 0 Å². The Morgan fingerprint density at radius 2 is 2.38 bits per heavy atom. The molecule has 0 amide bonds. The largest absolute Gasteiger partial charge is 0.384 e. The molecule has 0 spiro atoms. The fraction of sp³-hybridized carbons (Fsp3) is 0.357. The maximum absolute atomic E-state index is 11.2. The van der Waals surface area contributed by atoms with Crippen LogP contribution < -0.4 is 10.6 Å². The summed E-state index contributed by atoms with van der Waals surface area (Å²) in [5.74, 6) is 0. The molecule has 7 nitrogen and oxygen atoms in total. The number of anilines is 2. The number of aryl methyl sites for hydroxylation is 1. The number of rotatable bonds is 6. The van der Waals surface area contributed by atoms with E-state index in [0.29, 0.717) is 12.2 Å². The van der Waals surface area contributed by atoms with Crippen LogP contribution in [0.4, 0.5) is 17.1 Å². The van der Waals surface area contributed by atoms with Gasteiger partial charge in [0.15, 0.2) is 0 Å². The minimum Gasteiger partial charge on any atom is -0.384 e. The van der Waals surface area contributed by atoms with Crippen molar-refractivity contribution in [2.24, 2.45) is 0 Å². The van der Waals surface area contributed by atoms with E-state index >= 15 is 0 Å². The van der Waals surface area contributed by atoms with Gasteiger partial charge in [-0.2, -0.15) is 0 Å². The monoisotopic (exact) mass is 287 g/mol. The molecule has 0 unspecified atom stereocenters. The first-order valence-electron chi connectivity index (χ1n) is 6.99. The van der Waals surface area contributed by atoms with Crippen molar-refractivity contribution in [1.29, 1.82) is 0 Å². The fourth-order valence-corrected chi connectivity index (χ4v) is 2.63. The normalized spacial score (nSPS) is 12.8. The van der Waals surface area contributed by atoms with E-state index in [1.807, 2.05) is 10.8 Å². The van der Waals surface area contributed by atoms with Crippen LogP contribution in [0.5, 0.6) is 0 Å². The van der Waals surface area contributed by atoms with Crippen molar-refractivity contribution in [3.05, 3.63) is 46.5 Å². The van der Waals surface area contributed by atoms with Gasteiger partial charge in [-0.3, -0.25) is 10.1 Å². The molecule has 1 aromatic carbocycles. The lowest BCUT2D eigenvalue weighted by Crippen LogP contribution is -2.09. The van der Waals surface area contributed by atoms with Crippen LogP contribution in [0.2, 0.25) is 0 Å². The highest BCUT2D eigenvalue weighted by Crippen LogP contribution is 2.36. The molecule has 21 heavy (non-hydrogen) atoms. The molecule has 7 heteroatoms. The summed E-state index contributed by atoms with van der Waals surface area (Å²) in [5, 5.41) is 17.7. The van der Waals surface area contributed by atoms with Gasteiger partial charge in [0.2, 0.25) is 0 Å². The number of imidazole rings is 1. The lowest BCUT2D eigenvalue weighted by Gasteiger charge is -2.11. The molecular formula is C14H17N5O2. The number of nitro groups is 1. The molecule has 3 rings (SSSR count). The number of nitro benzene ring substituents is 1. The van der Waals surface area contributed by atoms with Crippen LogP contribution in [0.15, 0.2) is 30.9 Å². The molecule has 2 N–H and O–H groups in total. The Bertz CT molecular complexity index is 639. The first-order chi connectivity index (χ1) is 10.3. The second kappa shape index (κ2) is 5.82. The SMILES string of the molecule is O=[N+]([O-])c1ccc2c(c1NCCCn1ccnc1)CCN2. The Labute approximate surface area is 122 Å². The lowest BCUT2D eigenvalue weighted by atomic mass is 10.1. The highest BCUT2D eigenvalue weighted by molar-refractivity contribution is 5.76. The summed E-state index contributed by atoms with van der Waals surface area (Å²) < 4.78 is 1.99. The molecule has 0 radical (unpaired) electrons. The predicted octanol–water partition coefficient (Wildman–Crippen LogP) is 2.26. The number of nitrogens with one attached hydrogen (secondary N) is 2. The van der Waals surface area contributed by atoms with E-state index < -0.39 is 0 Å². The standard InChI is InChI=1S/C14H17N5O2/c20-19(21)13-3-2-12-11(4-6-16-12)14(13)17-5-1-8-18-9-7-15-10-18/h2-3,7,9-10,16-17H,1,4-6,8H2. The molecule has 1 aliphatic heterocycles. The molecule has 1 aliphatic rings. The number of fused-ring (bicyclic) bond motifs is 1. The van der Waals surface area contributed by atoms with Gasteiger partial charge in [-0.05, 0) is 18.9 Å². The number of hydrogen-bond donors (Lipinski definition) is 2. The Balaban J connectivity index is 1.69. The van der Waals surface area contributed by atoms with E-state index in [2.05, 4.69) is 15.6 Å². The predicted molar refractivity (Wildman–Crippen MR) is 80.6 cm³/mol. The maximum Gasteiger partial charge on any atom is 0.292 e. The molecule has 0 bridgehead atoms. The van der Waals surface area contributed by atoms with Crippen LogP contribution in [0.1, 0.15) is 12.0 Å². The van der Waals surface area contributed by atoms with Crippen molar-refractivity contribution in [2.75, 3.05) is 23.7 Å². The summed E-state index contributed by atoms with van der Waals surface area (Å²) in [4.78, 5) is 14.8. The molecule has 110 valence electrons. The highest BCUT2D eigenvalue weighted by Gasteiger charge is 2.23. The number of hydrogen-bond acceptors (Lipinski definition) is 5. The van der Waals surface area contributed by atoms with Gasteiger partial charge < -0.3 is 15.2 Å². The van der Waals surface area contributed by atoms with E-state index in [9.17, 15) is 10.1 Å². The minimum atomic E-state index is -0.323. The summed E-state index contributed by atoms with van der Waals surface area (Å²) in [6, 6.07) is 3.35. The second-order valence-corrected chi connectivity index (χ2v) is 5.00. The van der Waals surface area contributed by atoms with Crippen molar-refractivity contribution in [3.63, 3.8) is 0 Å². The van der Waals surface area contributed by atoms with Crippen molar-refractivity contribution in [2.45, 2.75) is 19.4 Å². The van der Waals surface area contributed by atoms with Gasteiger partial charge >= 0.3 is 0 Å². The summed E-state index contributed by atoms with van der Waals surface area (Å²) in [6.45, 7) is 2.36. The van der Waals surface area contributed by atoms with Crippen LogP contribution >= 0.6 is 0 Å². The van der Waals surface area contributed by atoms with E-state index in [4.69, 9.17) is 0 Å². The molecule has 0 saturated heterocycles. The first kappa shape index (κ1) is 13.4. The topological polar surface area (TPSA) is 85.0 Å². The molecule has 0 aliphatic carbocycles. The van der Waals surface area contributed by atoms with E-state index in [0.717, 1.165) is 37.2 Å². The summed E-state index contributed by atoms with van der Waals surface area (Å²) in [5.41, 5.74) is 2.83. The Kier molecular flexibility index (Phi) is 3.72. The van der Waals surface area contributed by atoms with E-state index in [1.54, 1.807) is 24.7 Å². The van der Waals surface area contributed by atoms with Crippen LogP contribution in [0.3, 0.4) is 0 Å². The molecule has 2 heterocycles. The van der Waals surface area contributed by atoms with Crippen LogP contribution in [-0.2, 0) is 13.0 Å². The van der Waals surface area contributed by atoms with Crippen molar-refractivity contribution >= 4 is 17.1 Å². The van der Waals surface area contributed by atoms with Crippen LogP contribution in [-0.4, -0.2) is 27.6 Å². The van der Waals surface area contributed by atoms with Crippen molar-refractivity contribution < 1.29 is 4.92 Å². The van der Waals surface area contributed by atoms with E-state index in [1.165, 1.54) is 0 Å². The Morgan fingerprint density at radius 3 is 3.14 bits per heavy atom. The van der Waals surface area contributed by atoms with Crippen LogP contribution in [0.25, 0.3) is 0 Å². The third-order valence-electron chi connectivity index (χ3n) is 3.63. The van der Waals surface area contributed by atoms with Crippen molar-refractivity contribution in [3.8, 4) is 0 Å². The van der Waals surface area contributed by atoms with Gasteiger partial charge in [0.25, 0.3) is 5.69 Å². The minimum absolute atomic E-state index is 0.153. The van der Waals surface area contributed by atoms with Gasteiger partial charge in [0.1, 0.15) is 5.69 Å². The molecular weight excluding hydrogens is 270 g/mol. The fourth-order valence-electron chi connectivity index (χ4n) is 2.63. The second-order valence-electron chi connectivity index (χ2n) is 5.00. The molecule has 1 aromatic heterocycles. The molecule has 2 aromatic rings. The van der Waals surface area contributed by atoms with Gasteiger partial charge in [-0.1, -0.05) is 0 Å². The maximum atomic E-state index is 11.2. The zero-order chi connectivity index (χ0) is 14.7. The quantitative estimate of drug-likeness (QED) is 0.483. The third-order valence-corrected chi connectivity index (χ3v) is 3.63. The van der Waals surface area contributed by atoms with E-state index in [-0.39, 0.29) is 10.6 Å². The summed E-state index contributed by atoms with van der Waals surface area (Å²) in [7, 11) is 0. The lowest BCUT2D eigenvalue weighted by molar-refractivity contribution is -0.384. The zero-order valence-corrected chi connectivity index (χ0v) is 11.6. The average Bonchev–Trinajstić information content (AvgIpc) is 3.13. The summed E-state index contributed by atoms with van der Waals surface area (Å²) in [6.07, 6.45) is 7.12. The Morgan fingerprint density at radius 1 is 1.48 bits per heavy atom. The molecule has 0 fully saturated rings. The third kappa shape index (κ3) is 2.81. The molecule has 0 saturated carbocycles. The highest BCUT2D eigenvalue weighted by atomic mass is 16.6. The van der Waals surface area contributed by atoms with Gasteiger partial charge in [-0.25, -0.2) is 4.98 Å². The average molecular weight is 287 g/mol. The Hall–Kier alpha value is -2.57. The number of aromatic nitrogens is 2. The number of nitrogens with zero attached hydrogens (tertiary/aromatic N) is 3. The number of benzene rings is 1. The molecule has 0 atom stereocenters. The van der Waals surface area contributed by atoms with Gasteiger partial charge in [0.05, 0.1) is 11.3 Å². The van der Waals surface area contributed by atoms with Gasteiger partial charge in [0, 0.05) is 49.3 Å². The first-order valence-corrected chi connectivity index (χ1v) is 6.99. The van der Waals surface area contributed by atoms with Crippen LogP contribution in [0, 0.1) is 10.1 Å². The zero-order valence-electron chi connectivity index (χ0n) is 11.6. The smallest absolute Gasteiger partial charge is 0.292 e. The van der Waals surface area contributed by atoms with Crippen molar-refractivity contribution in [1.82, 2.24) is 9.55 Å².